The van der Waals surface area contributed by atoms with Crippen LogP contribution < -0.4 is 0 Å². The van der Waals surface area contributed by atoms with Gasteiger partial charge in [0.25, 0.3) is 0 Å². The van der Waals surface area contributed by atoms with Gasteiger partial charge in [0.2, 0.25) is 0 Å². The molecule has 1 saturated heterocycles. The zero-order valence-electron chi connectivity index (χ0n) is 13.3. The zero-order valence-corrected chi connectivity index (χ0v) is 14.0. The maximum Gasteiger partial charge on any atom is 0.163 e. The summed E-state index contributed by atoms with van der Waals surface area (Å²) >= 11 is 6.36. The summed E-state index contributed by atoms with van der Waals surface area (Å²) < 4.78 is 8.04. The highest BCUT2D eigenvalue weighted by Crippen LogP contribution is 2.40. The number of fused-ring (bicyclic) bond motifs is 1. The van der Waals surface area contributed by atoms with Crippen LogP contribution >= 0.6 is 11.6 Å². The topological polar surface area (TPSA) is 43.2 Å². The molecule has 4 rings (SSSR count). The maximum atomic E-state index is 6.36. The second-order valence-corrected chi connectivity index (χ2v) is 6.60. The van der Waals surface area contributed by atoms with Crippen LogP contribution in [-0.2, 0) is 17.7 Å². The molecular formula is C17H21ClN4O. The van der Waals surface area contributed by atoms with E-state index in [0.29, 0.717) is 6.04 Å². The molecule has 2 aliphatic rings. The van der Waals surface area contributed by atoms with Crippen LogP contribution in [0.3, 0.4) is 0 Å². The van der Waals surface area contributed by atoms with Gasteiger partial charge in [-0.1, -0.05) is 23.7 Å². The second kappa shape index (κ2) is 6.23. The summed E-state index contributed by atoms with van der Waals surface area (Å²) in [7, 11) is 0. The van der Waals surface area contributed by atoms with Crippen molar-refractivity contribution in [2.24, 2.45) is 0 Å². The van der Waals surface area contributed by atoms with Crippen molar-refractivity contribution in [3.05, 3.63) is 46.5 Å². The molecule has 0 spiro atoms. The average Bonchev–Trinajstić information content (AvgIpc) is 3.22. The largest absolute Gasteiger partial charge is 0.368 e. The van der Waals surface area contributed by atoms with Crippen molar-refractivity contribution in [1.82, 2.24) is 19.7 Å². The summed E-state index contributed by atoms with van der Waals surface area (Å²) in [6.45, 7) is 5.50. The lowest BCUT2D eigenvalue weighted by Gasteiger charge is -2.36. The summed E-state index contributed by atoms with van der Waals surface area (Å²) in [5, 5.41) is 9.21. The van der Waals surface area contributed by atoms with E-state index in [1.54, 1.807) is 6.33 Å². The summed E-state index contributed by atoms with van der Waals surface area (Å²) in [4.78, 5) is 2.52. The van der Waals surface area contributed by atoms with Crippen LogP contribution in [0.4, 0.5) is 0 Å². The molecule has 1 aliphatic heterocycles. The minimum atomic E-state index is -0.00515. The van der Waals surface area contributed by atoms with Gasteiger partial charge in [-0.2, -0.15) is 0 Å². The molecule has 1 fully saturated rings. The molecule has 1 aromatic heterocycles. The molecule has 1 aromatic carbocycles. The highest BCUT2D eigenvalue weighted by Gasteiger charge is 2.34. The smallest absolute Gasteiger partial charge is 0.163 e. The molecule has 2 heterocycles. The van der Waals surface area contributed by atoms with Gasteiger partial charge < -0.3 is 9.30 Å². The predicted molar refractivity (Wildman–Crippen MR) is 88.5 cm³/mol. The Kier molecular flexibility index (Phi) is 4.09. The number of aryl methyl sites for hydroxylation is 1. The fraction of sp³-hybridized carbons (Fsp3) is 0.529. The lowest BCUT2D eigenvalue weighted by atomic mass is 10.1. The predicted octanol–water partition coefficient (Wildman–Crippen LogP) is 3.01. The van der Waals surface area contributed by atoms with Gasteiger partial charge in [-0.15, -0.1) is 10.2 Å². The van der Waals surface area contributed by atoms with E-state index < -0.39 is 0 Å². The molecule has 0 unspecified atom stereocenters. The highest BCUT2D eigenvalue weighted by molar-refractivity contribution is 6.31. The SMILES string of the molecule is CCn1cnnc1[C@@H]1CN([C@H]2CCc3c(Cl)cccc32)CCO1. The average molecular weight is 333 g/mol. The maximum absolute atomic E-state index is 6.36. The minimum absolute atomic E-state index is 0.00515. The van der Waals surface area contributed by atoms with Crippen molar-refractivity contribution in [1.29, 1.82) is 0 Å². The molecule has 2 aromatic rings. The Hall–Kier alpha value is -1.43. The Morgan fingerprint density at radius 2 is 2.30 bits per heavy atom. The molecule has 0 radical (unpaired) electrons. The van der Waals surface area contributed by atoms with E-state index in [1.807, 2.05) is 6.07 Å². The number of nitrogens with zero attached hydrogens (tertiary/aromatic N) is 4. The molecule has 23 heavy (non-hydrogen) atoms. The van der Waals surface area contributed by atoms with Crippen LogP contribution in [0.5, 0.6) is 0 Å². The number of ether oxygens (including phenoxy) is 1. The Morgan fingerprint density at radius 1 is 1.39 bits per heavy atom. The fourth-order valence-electron chi connectivity index (χ4n) is 3.83. The van der Waals surface area contributed by atoms with E-state index in [2.05, 4.69) is 38.7 Å². The molecule has 0 saturated carbocycles. The van der Waals surface area contributed by atoms with Crippen molar-refractivity contribution in [3.8, 4) is 0 Å². The molecule has 0 bridgehead atoms. The lowest BCUT2D eigenvalue weighted by Crippen LogP contribution is -2.40. The van der Waals surface area contributed by atoms with Crippen LogP contribution in [0, 0.1) is 0 Å². The summed E-state index contributed by atoms with van der Waals surface area (Å²) in [5.41, 5.74) is 2.70. The van der Waals surface area contributed by atoms with Gasteiger partial charge >= 0.3 is 0 Å². The summed E-state index contributed by atoms with van der Waals surface area (Å²) in [5.74, 6) is 0.932. The first kappa shape index (κ1) is 15.1. The van der Waals surface area contributed by atoms with Crippen LogP contribution in [-0.4, -0.2) is 39.4 Å². The van der Waals surface area contributed by atoms with Gasteiger partial charge in [0, 0.05) is 30.7 Å². The molecular weight excluding hydrogens is 312 g/mol. The molecule has 6 heteroatoms. The van der Waals surface area contributed by atoms with Gasteiger partial charge in [-0.3, -0.25) is 4.90 Å². The van der Waals surface area contributed by atoms with Gasteiger partial charge in [0.15, 0.2) is 5.82 Å². The Bertz CT molecular complexity index is 702. The van der Waals surface area contributed by atoms with Gasteiger partial charge in [-0.05, 0) is 37.0 Å². The number of aromatic nitrogens is 3. The minimum Gasteiger partial charge on any atom is -0.368 e. The summed E-state index contributed by atoms with van der Waals surface area (Å²) in [6, 6.07) is 6.71. The fourth-order valence-corrected chi connectivity index (χ4v) is 4.11. The van der Waals surface area contributed by atoms with Crippen LogP contribution in [0.25, 0.3) is 0 Å². The number of hydrogen-bond acceptors (Lipinski definition) is 4. The molecule has 2 atom stereocenters. The first-order valence-electron chi connectivity index (χ1n) is 8.28. The number of morpholine rings is 1. The standard InChI is InChI=1S/C17H21ClN4O/c1-2-21-11-19-20-17(21)16-10-22(8-9-23-16)15-7-6-12-13(15)4-3-5-14(12)18/h3-5,11,15-16H,2,6-10H2,1H3/t15-,16-/m0/s1. The number of rotatable bonds is 3. The van der Waals surface area contributed by atoms with Crippen molar-refractivity contribution in [2.45, 2.75) is 38.5 Å². The van der Waals surface area contributed by atoms with E-state index in [1.165, 1.54) is 11.1 Å². The third kappa shape index (κ3) is 2.67. The van der Waals surface area contributed by atoms with Crippen LogP contribution in [0.2, 0.25) is 5.02 Å². The molecule has 122 valence electrons. The Balaban J connectivity index is 1.56. The van der Waals surface area contributed by atoms with E-state index in [-0.39, 0.29) is 6.10 Å². The monoisotopic (exact) mass is 332 g/mol. The van der Waals surface area contributed by atoms with Crippen LogP contribution in [0.1, 0.15) is 42.4 Å². The van der Waals surface area contributed by atoms with Crippen molar-refractivity contribution >= 4 is 11.6 Å². The Morgan fingerprint density at radius 3 is 3.17 bits per heavy atom. The van der Waals surface area contributed by atoms with E-state index in [9.17, 15) is 0 Å². The number of hydrogen-bond donors (Lipinski definition) is 0. The first-order chi connectivity index (χ1) is 11.3. The van der Waals surface area contributed by atoms with Gasteiger partial charge in [-0.25, -0.2) is 0 Å². The number of halogens is 1. The van der Waals surface area contributed by atoms with Gasteiger partial charge in [0.05, 0.1) is 6.61 Å². The first-order valence-corrected chi connectivity index (χ1v) is 8.66. The van der Waals surface area contributed by atoms with E-state index in [4.69, 9.17) is 16.3 Å². The molecule has 1 aliphatic carbocycles. The van der Waals surface area contributed by atoms with E-state index in [0.717, 1.165) is 49.9 Å². The Labute approximate surface area is 141 Å². The molecule has 0 amide bonds. The lowest BCUT2D eigenvalue weighted by molar-refractivity contribution is -0.0508. The zero-order chi connectivity index (χ0) is 15.8. The van der Waals surface area contributed by atoms with Crippen molar-refractivity contribution < 1.29 is 4.74 Å². The normalized spacial score (nSPS) is 24.8. The molecule has 0 N–H and O–H groups in total. The van der Waals surface area contributed by atoms with Crippen molar-refractivity contribution in [3.63, 3.8) is 0 Å². The quantitative estimate of drug-likeness (QED) is 0.866. The van der Waals surface area contributed by atoms with E-state index >= 15 is 0 Å². The number of benzene rings is 1. The third-order valence-electron chi connectivity index (χ3n) is 4.99. The third-order valence-corrected chi connectivity index (χ3v) is 5.35. The van der Waals surface area contributed by atoms with Crippen LogP contribution in [0.15, 0.2) is 24.5 Å². The van der Waals surface area contributed by atoms with Gasteiger partial charge in [0.1, 0.15) is 12.4 Å². The highest BCUT2D eigenvalue weighted by atomic mass is 35.5. The van der Waals surface area contributed by atoms with Crippen molar-refractivity contribution in [2.75, 3.05) is 19.7 Å². The summed E-state index contributed by atoms with van der Waals surface area (Å²) in [6.07, 6.45) is 3.97. The second-order valence-electron chi connectivity index (χ2n) is 6.19. The molecule has 5 nitrogen and oxygen atoms in total.